The largest absolute Gasteiger partial charge is 0.465 e. The van der Waals surface area contributed by atoms with Gasteiger partial charge in [-0.1, -0.05) is 11.6 Å². The summed E-state index contributed by atoms with van der Waals surface area (Å²) in [6.45, 7) is 1.35. The second-order valence-corrected chi connectivity index (χ2v) is 4.14. The first kappa shape index (κ1) is 12.1. The summed E-state index contributed by atoms with van der Waals surface area (Å²) in [4.78, 5) is 15.4. The first-order valence-corrected chi connectivity index (χ1v) is 5.66. The summed E-state index contributed by atoms with van der Waals surface area (Å²) in [5.74, 6) is -0.435. The Hall–Kier alpha value is -1.33. The number of nitrogens with zero attached hydrogens (tertiary/aromatic N) is 1. The summed E-state index contributed by atoms with van der Waals surface area (Å²) < 4.78 is 9.95. The second-order valence-electron chi connectivity index (χ2n) is 3.75. The molecule has 2 rings (SSSR count). The number of anilines is 1. The first-order valence-electron chi connectivity index (χ1n) is 5.29. The van der Waals surface area contributed by atoms with Crippen LogP contribution in [0.1, 0.15) is 16.8 Å². The van der Waals surface area contributed by atoms with Gasteiger partial charge < -0.3 is 14.8 Å². The predicted octanol–water partition coefficient (Wildman–Crippen LogP) is 1.72. The lowest BCUT2D eigenvalue weighted by Crippen LogP contribution is -2.21. The van der Waals surface area contributed by atoms with Crippen LogP contribution >= 0.6 is 11.6 Å². The summed E-state index contributed by atoms with van der Waals surface area (Å²) >= 11 is 5.82. The third-order valence-corrected chi connectivity index (χ3v) is 2.77. The minimum Gasteiger partial charge on any atom is -0.465 e. The number of esters is 1. The third-order valence-electron chi connectivity index (χ3n) is 2.57. The molecular formula is C11H13ClN2O3. The number of rotatable bonds is 3. The van der Waals surface area contributed by atoms with Crippen LogP contribution in [0.2, 0.25) is 5.15 Å². The van der Waals surface area contributed by atoms with Crippen molar-refractivity contribution in [3.63, 3.8) is 0 Å². The van der Waals surface area contributed by atoms with Crippen LogP contribution in [-0.2, 0) is 9.47 Å². The average molecular weight is 257 g/mol. The molecule has 0 aromatic carbocycles. The molecule has 0 amide bonds. The minimum absolute atomic E-state index is 0.192. The van der Waals surface area contributed by atoms with Gasteiger partial charge in [0.1, 0.15) is 10.7 Å². The SMILES string of the molecule is COC(=O)c1cnc(Cl)cc1NC1CCOC1. The third kappa shape index (κ3) is 2.87. The zero-order valence-corrected chi connectivity index (χ0v) is 10.2. The number of hydrogen-bond acceptors (Lipinski definition) is 5. The van der Waals surface area contributed by atoms with Crippen molar-refractivity contribution in [1.29, 1.82) is 0 Å². The number of carbonyl (C=O) groups is 1. The van der Waals surface area contributed by atoms with E-state index in [0.717, 1.165) is 13.0 Å². The van der Waals surface area contributed by atoms with Crippen LogP contribution < -0.4 is 5.32 Å². The van der Waals surface area contributed by atoms with E-state index < -0.39 is 5.97 Å². The Morgan fingerprint density at radius 1 is 1.71 bits per heavy atom. The lowest BCUT2D eigenvalue weighted by Gasteiger charge is -2.15. The van der Waals surface area contributed by atoms with Crippen molar-refractivity contribution in [3.8, 4) is 0 Å². The molecule has 1 aromatic rings. The van der Waals surface area contributed by atoms with Crippen molar-refractivity contribution < 1.29 is 14.3 Å². The number of pyridine rings is 1. The number of methoxy groups -OCH3 is 1. The molecule has 6 heteroatoms. The van der Waals surface area contributed by atoms with Gasteiger partial charge in [0, 0.05) is 12.8 Å². The van der Waals surface area contributed by atoms with Gasteiger partial charge in [-0.15, -0.1) is 0 Å². The fourth-order valence-corrected chi connectivity index (χ4v) is 1.85. The van der Waals surface area contributed by atoms with Crippen LogP contribution in [0.3, 0.4) is 0 Å². The Morgan fingerprint density at radius 3 is 3.18 bits per heavy atom. The molecular weight excluding hydrogens is 244 g/mol. The molecule has 1 N–H and O–H groups in total. The van der Waals surface area contributed by atoms with Crippen molar-refractivity contribution >= 4 is 23.3 Å². The summed E-state index contributed by atoms with van der Waals surface area (Å²) in [5, 5.41) is 3.55. The predicted molar refractivity (Wildman–Crippen MR) is 63.4 cm³/mol. The molecule has 1 aliphatic rings. The molecule has 1 aromatic heterocycles. The molecule has 0 saturated carbocycles. The number of ether oxygens (including phenoxy) is 2. The summed E-state index contributed by atoms with van der Waals surface area (Å²) in [5.41, 5.74) is 1.01. The van der Waals surface area contributed by atoms with Gasteiger partial charge in [-0.05, 0) is 12.5 Å². The van der Waals surface area contributed by atoms with Crippen molar-refractivity contribution in [2.24, 2.45) is 0 Å². The highest BCUT2D eigenvalue weighted by atomic mass is 35.5. The molecule has 1 atom stereocenters. The zero-order valence-electron chi connectivity index (χ0n) is 9.40. The number of halogens is 1. The maximum absolute atomic E-state index is 11.5. The van der Waals surface area contributed by atoms with E-state index in [1.54, 1.807) is 6.07 Å². The second kappa shape index (κ2) is 5.33. The lowest BCUT2D eigenvalue weighted by atomic mass is 10.2. The molecule has 1 aliphatic heterocycles. The quantitative estimate of drug-likeness (QED) is 0.659. The van der Waals surface area contributed by atoms with Crippen LogP contribution in [0.15, 0.2) is 12.3 Å². The number of hydrogen-bond donors (Lipinski definition) is 1. The average Bonchev–Trinajstić information content (AvgIpc) is 2.81. The highest BCUT2D eigenvalue weighted by Gasteiger charge is 2.19. The van der Waals surface area contributed by atoms with Crippen LogP contribution in [0.25, 0.3) is 0 Å². The summed E-state index contributed by atoms with van der Waals surface area (Å²) in [6, 6.07) is 1.81. The Kier molecular flexibility index (Phi) is 3.81. The molecule has 0 aliphatic carbocycles. The zero-order chi connectivity index (χ0) is 12.3. The van der Waals surface area contributed by atoms with Gasteiger partial charge in [0.2, 0.25) is 0 Å². The Bertz CT molecular complexity index is 419. The monoisotopic (exact) mass is 256 g/mol. The topological polar surface area (TPSA) is 60.5 Å². The molecule has 0 radical (unpaired) electrons. The molecule has 92 valence electrons. The smallest absolute Gasteiger partial charge is 0.341 e. The van der Waals surface area contributed by atoms with Gasteiger partial charge >= 0.3 is 5.97 Å². The van der Waals surface area contributed by atoms with Gasteiger partial charge in [0.15, 0.2) is 0 Å². The summed E-state index contributed by atoms with van der Waals surface area (Å²) in [7, 11) is 1.33. The lowest BCUT2D eigenvalue weighted by molar-refractivity contribution is 0.0601. The molecule has 0 bridgehead atoms. The molecule has 1 unspecified atom stereocenters. The van der Waals surface area contributed by atoms with Gasteiger partial charge in [-0.25, -0.2) is 9.78 Å². The first-order chi connectivity index (χ1) is 8.20. The van der Waals surface area contributed by atoms with Gasteiger partial charge in [0.05, 0.1) is 25.4 Å². The van der Waals surface area contributed by atoms with Gasteiger partial charge in [-0.2, -0.15) is 0 Å². The standard InChI is InChI=1S/C11H13ClN2O3/c1-16-11(15)8-5-13-10(12)4-9(8)14-7-2-3-17-6-7/h4-5,7H,2-3,6H2,1H3,(H,13,14). The van der Waals surface area contributed by atoms with Gasteiger partial charge in [-0.3, -0.25) is 0 Å². The number of nitrogens with one attached hydrogen (secondary N) is 1. The van der Waals surface area contributed by atoms with Crippen molar-refractivity contribution in [2.75, 3.05) is 25.6 Å². The molecule has 1 fully saturated rings. The number of aromatic nitrogens is 1. The Labute approximate surface area is 104 Å². The van der Waals surface area contributed by atoms with E-state index >= 15 is 0 Å². The van der Waals surface area contributed by atoms with Crippen LogP contribution in [0, 0.1) is 0 Å². The van der Waals surface area contributed by atoms with Crippen LogP contribution in [0.4, 0.5) is 5.69 Å². The Morgan fingerprint density at radius 2 is 2.53 bits per heavy atom. The maximum atomic E-state index is 11.5. The number of carbonyl (C=O) groups excluding carboxylic acids is 1. The van der Waals surface area contributed by atoms with E-state index in [1.165, 1.54) is 13.3 Å². The Balaban J connectivity index is 2.22. The van der Waals surface area contributed by atoms with Gasteiger partial charge in [0.25, 0.3) is 0 Å². The van der Waals surface area contributed by atoms with Crippen LogP contribution in [0.5, 0.6) is 0 Å². The van der Waals surface area contributed by atoms with Crippen molar-refractivity contribution in [2.45, 2.75) is 12.5 Å². The molecule has 5 nitrogen and oxygen atoms in total. The highest BCUT2D eigenvalue weighted by Crippen LogP contribution is 2.22. The van der Waals surface area contributed by atoms with E-state index in [4.69, 9.17) is 16.3 Å². The summed E-state index contributed by atoms with van der Waals surface area (Å²) in [6.07, 6.45) is 2.31. The van der Waals surface area contributed by atoms with Crippen LogP contribution in [-0.4, -0.2) is 37.3 Å². The van der Waals surface area contributed by atoms with Crippen molar-refractivity contribution in [3.05, 3.63) is 23.0 Å². The molecule has 17 heavy (non-hydrogen) atoms. The van der Waals surface area contributed by atoms with E-state index in [0.29, 0.717) is 23.0 Å². The van der Waals surface area contributed by atoms with E-state index in [2.05, 4.69) is 15.0 Å². The maximum Gasteiger partial charge on any atom is 0.341 e. The molecule has 0 spiro atoms. The minimum atomic E-state index is -0.435. The molecule has 2 heterocycles. The van der Waals surface area contributed by atoms with Crippen molar-refractivity contribution in [1.82, 2.24) is 4.98 Å². The molecule has 1 saturated heterocycles. The fraction of sp³-hybridized carbons (Fsp3) is 0.455. The highest BCUT2D eigenvalue weighted by molar-refractivity contribution is 6.29. The van der Waals surface area contributed by atoms with E-state index in [1.807, 2.05) is 0 Å². The van der Waals surface area contributed by atoms with E-state index in [9.17, 15) is 4.79 Å². The fourth-order valence-electron chi connectivity index (χ4n) is 1.69. The normalized spacial score (nSPS) is 19.1. The van der Waals surface area contributed by atoms with E-state index in [-0.39, 0.29) is 6.04 Å².